The molecule has 0 aliphatic heterocycles. The maximum absolute atomic E-state index is 13.6. The number of aryl methyl sites for hydroxylation is 1. The number of amides is 2. The summed E-state index contributed by atoms with van der Waals surface area (Å²) >= 11 is 0. The van der Waals surface area contributed by atoms with E-state index in [2.05, 4.69) is 9.97 Å². The van der Waals surface area contributed by atoms with Crippen molar-refractivity contribution in [2.24, 2.45) is 5.73 Å². The fourth-order valence-corrected chi connectivity index (χ4v) is 3.33. The number of rotatable bonds is 4. The highest BCUT2D eigenvalue weighted by molar-refractivity contribution is 5.96. The molecule has 0 saturated heterocycles. The molecule has 3 aromatic rings. The SMILES string of the molecule is NC(=O)CN(C(=O)c1cccnc1)C1CCc2ccc(F)cc21.c1ccncc1. The Bertz CT molecular complexity index is 940. The minimum absolute atomic E-state index is 0.214. The molecule has 2 N–H and O–H groups in total. The summed E-state index contributed by atoms with van der Waals surface area (Å²) in [5.41, 5.74) is 7.41. The van der Waals surface area contributed by atoms with Crippen LogP contribution in [-0.2, 0) is 11.2 Å². The van der Waals surface area contributed by atoms with E-state index in [-0.39, 0.29) is 24.3 Å². The van der Waals surface area contributed by atoms with Crippen LogP contribution >= 0.6 is 0 Å². The van der Waals surface area contributed by atoms with E-state index in [0.29, 0.717) is 12.0 Å². The molecule has 2 amide bonds. The van der Waals surface area contributed by atoms with Gasteiger partial charge in [-0.1, -0.05) is 12.1 Å². The van der Waals surface area contributed by atoms with Gasteiger partial charge in [0.05, 0.1) is 11.6 Å². The van der Waals surface area contributed by atoms with Crippen molar-refractivity contribution in [1.82, 2.24) is 14.9 Å². The highest BCUT2D eigenvalue weighted by atomic mass is 19.1. The van der Waals surface area contributed by atoms with E-state index in [9.17, 15) is 14.0 Å². The summed E-state index contributed by atoms with van der Waals surface area (Å²) in [6.45, 7) is -0.214. The number of pyridine rings is 2. The van der Waals surface area contributed by atoms with Gasteiger partial charge in [0.2, 0.25) is 5.91 Å². The molecule has 0 fully saturated rings. The average Bonchev–Trinajstić information content (AvgIpc) is 3.16. The number of nitrogens with two attached hydrogens (primary N) is 1. The molecule has 6 nitrogen and oxygen atoms in total. The Hall–Kier alpha value is -3.61. The summed E-state index contributed by atoms with van der Waals surface area (Å²) < 4.78 is 13.6. The second-order valence-corrected chi connectivity index (χ2v) is 6.56. The lowest BCUT2D eigenvalue weighted by Crippen LogP contribution is -2.40. The van der Waals surface area contributed by atoms with E-state index < -0.39 is 5.91 Å². The number of aromatic nitrogens is 2. The second kappa shape index (κ2) is 9.54. The van der Waals surface area contributed by atoms with Crippen LogP contribution in [0.4, 0.5) is 4.39 Å². The number of primary amides is 1. The Morgan fingerprint density at radius 1 is 1.07 bits per heavy atom. The van der Waals surface area contributed by atoms with Crippen LogP contribution in [0.5, 0.6) is 0 Å². The van der Waals surface area contributed by atoms with Crippen molar-refractivity contribution in [3.05, 3.63) is 95.8 Å². The molecular formula is C22H21FN4O2. The van der Waals surface area contributed by atoms with Gasteiger partial charge in [-0.2, -0.15) is 0 Å². The van der Waals surface area contributed by atoms with Crippen LogP contribution in [0.1, 0.15) is 33.9 Å². The van der Waals surface area contributed by atoms with Crippen LogP contribution < -0.4 is 5.73 Å². The first-order valence-corrected chi connectivity index (χ1v) is 9.19. The average molecular weight is 392 g/mol. The van der Waals surface area contributed by atoms with E-state index in [0.717, 1.165) is 17.5 Å². The van der Waals surface area contributed by atoms with Gasteiger partial charge in [0.15, 0.2) is 0 Å². The third-order valence-electron chi connectivity index (χ3n) is 4.59. The smallest absolute Gasteiger partial charge is 0.256 e. The van der Waals surface area contributed by atoms with E-state index in [4.69, 9.17) is 5.73 Å². The minimum atomic E-state index is -0.605. The maximum Gasteiger partial charge on any atom is 0.256 e. The fraction of sp³-hybridized carbons (Fsp3) is 0.182. The number of hydrogen-bond acceptors (Lipinski definition) is 4. The molecule has 1 aromatic carbocycles. The Kier molecular flexibility index (Phi) is 6.63. The van der Waals surface area contributed by atoms with Crippen LogP contribution in [0.3, 0.4) is 0 Å². The van der Waals surface area contributed by atoms with Gasteiger partial charge in [-0.15, -0.1) is 0 Å². The molecule has 148 valence electrons. The number of nitrogens with zero attached hydrogens (tertiary/aromatic N) is 3. The molecule has 0 saturated carbocycles. The van der Waals surface area contributed by atoms with Gasteiger partial charge in [-0.3, -0.25) is 19.6 Å². The molecule has 29 heavy (non-hydrogen) atoms. The number of carbonyl (C=O) groups excluding carboxylic acids is 2. The summed E-state index contributed by atoms with van der Waals surface area (Å²) in [5.74, 6) is -1.30. The lowest BCUT2D eigenvalue weighted by atomic mass is 10.1. The fourth-order valence-electron chi connectivity index (χ4n) is 3.33. The van der Waals surface area contributed by atoms with Gasteiger partial charge >= 0.3 is 0 Å². The molecule has 2 aromatic heterocycles. The largest absolute Gasteiger partial charge is 0.368 e. The van der Waals surface area contributed by atoms with Crippen molar-refractivity contribution in [1.29, 1.82) is 0 Å². The van der Waals surface area contributed by atoms with E-state index >= 15 is 0 Å². The van der Waals surface area contributed by atoms with Crippen molar-refractivity contribution in [3.8, 4) is 0 Å². The summed E-state index contributed by atoms with van der Waals surface area (Å²) in [5, 5.41) is 0. The summed E-state index contributed by atoms with van der Waals surface area (Å²) in [6.07, 6.45) is 7.88. The zero-order valence-electron chi connectivity index (χ0n) is 15.7. The predicted molar refractivity (Wildman–Crippen MR) is 106 cm³/mol. The predicted octanol–water partition coefficient (Wildman–Crippen LogP) is 2.92. The van der Waals surface area contributed by atoms with Crippen LogP contribution in [-0.4, -0.2) is 33.2 Å². The van der Waals surface area contributed by atoms with Crippen molar-refractivity contribution in [2.75, 3.05) is 6.54 Å². The van der Waals surface area contributed by atoms with Gasteiger partial charge in [-0.25, -0.2) is 4.39 Å². The molecule has 1 aliphatic rings. The Balaban J connectivity index is 0.000000343. The first-order valence-electron chi connectivity index (χ1n) is 9.19. The lowest BCUT2D eigenvalue weighted by molar-refractivity contribution is -0.119. The van der Waals surface area contributed by atoms with Gasteiger partial charge in [0.25, 0.3) is 5.91 Å². The molecule has 1 atom stereocenters. The number of fused-ring (bicyclic) bond motifs is 1. The molecule has 7 heteroatoms. The molecule has 2 heterocycles. The zero-order chi connectivity index (χ0) is 20.6. The Morgan fingerprint density at radius 3 is 2.41 bits per heavy atom. The second-order valence-electron chi connectivity index (χ2n) is 6.56. The number of benzene rings is 1. The normalized spacial score (nSPS) is 14.3. The number of halogens is 1. The number of carbonyl (C=O) groups is 2. The molecule has 0 bridgehead atoms. The third kappa shape index (κ3) is 5.22. The lowest BCUT2D eigenvalue weighted by Gasteiger charge is -2.28. The van der Waals surface area contributed by atoms with Gasteiger partial charge in [0.1, 0.15) is 12.4 Å². The van der Waals surface area contributed by atoms with Crippen LogP contribution in [0.15, 0.2) is 73.3 Å². The van der Waals surface area contributed by atoms with Crippen LogP contribution in [0.2, 0.25) is 0 Å². The molecule has 1 aliphatic carbocycles. The zero-order valence-corrected chi connectivity index (χ0v) is 15.7. The van der Waals surface area contributed by atoms with Gasteiger partial charge in [0, 0.05) is 24.8 Å². The van der Waals surface area contributed by atoms with Crippen molar-refractivity contribution < 1.29 is 14.0 Å². The molecule has 0 radical (unpaired) electrons. The van der Waals surface area contributed by atoms with Gasteiger partial charge < -0.3 is 10.6 Å². The first-order chi connectivity index (χ1) is 14.1. The van der Waals surface area contributed by atoms with Crippen molar-refractivity contribution in [3.63, 3.8) is 0 Å². The highest BCUT2D eigenvalue weighted by Gasteiger charge is 2.32. The van der Waals surface area contributed by atoms with Crippen LogP contribution in [0.25, 0.3) is 0 Å². The molecule has 1 unspecified atom stereocenters. The summed E-state index contributed by atoms with van der Waals surface area (Å²) in [7, 11) is 0. The third-order valence-corrected chi connectivity index (χ3v) is 4.59. The summed E-state index contributed by atoms with van der Waals surface area (Å²) in [4.78, 5) is 33.3. The Labute approximate surface area is 168 Å². The van der Waals surface area contributed by atoms with Crippen molar-refractivity contribution in [2.45, 2.75) is 18.9 Å². The van der Waals surface area contributed by atoms with E-state index in [1.807, 2.05) is 18.2 Å². The number of hydrogen-bond donors (Lipinski definition) is 1. The van der Waals surface area contributed by atoms with Crippen LogP contribution in [0, 0.1) is 5.82 Å². The van der Waals surface area contributed by atoms with Gasteiger partial charge in [-0.05, 0) is 60.4 Å². The standard InChI is InChI=1S/C17H16FN3O2.C5H5N/c18-13-5-3-11-4-6-15(14(11)8-13)21(10-16(19)22)17(23)12-2-1-7-20-9-12;1-2-4-6-5-3-1/h1-3,5,7-9,15H,4,6,10H2,(H2,19,22);1-5H. The topological polar surface area (TPSA) is 89.2 Å². The monoisotopic (exact) mass is 392 g/mol. The van der Waals surface area contributed by atoms with Crippen molar-refractivity contribution >= 4 is 11.8 Å². The molecule has 0 spiro atoms. The molecule has 4 rings (SSSR count). The van der Waals surface area contributed by atoms with E-state index in [1.165, 1.54) is 23.2 Å². The highest BCUT2D eigenvalue weighted by Crippen LogP contribution is 2.36. The minimum Gasteiger partial charge on any atom is -0.368 e. The first kappa shape index (κ1) is 20.1. The molecular weight excluding hydrogens is 371 g/mol. The maximum atomic E-state index is 13.6. The summed E-state index contributed by atoms with van der Waals surface area (Å²) in [6, 6.07) is 13.2. The Morgan fingerprint density at radius 2 is 1.83 bits per heavy atom. The quantitative estimate of drug-likeness (QED) is 0.739. The van der Waals surface area contributed by atoms with E-state index in [1.54, 1.807) is 36.8 Å².